The predicted octanol–water partition coefficient (Wildman–Crippen LogP) is 4.87. The first-order valence-electron chi connectivity index (χ1n) is 11.8. The average molecular weight is 449 g/mol. The van der Waals surface area contributed by atoms with Crippen molar-refractivity contribution in [2.24, 2.45) is 0 Å². The Morgan fingerprint density at radius 2 is 1.70 bits per heavy atom. The van der Waals surface area contributed by atoms with Crippen LogP contribution < -0.4 is 10.1 Å². The van der Waals surface area contributed by atoms with Crippen molar-refractivity contribution in [2.45, 2.75) is 63.3 Å². The van der Waals surface area contributed by atoms with E-state index >= 15 is 0 Å². The zero-order valence-corrected chi connectivity index (χ0v) is 19.4. The lowest BCUT2D eigenvalue weighted by molar-refractivity contribution is -0.130. The lowest BCUT2D eigenvalue weighted by atomic mass is 9.84. The Hall–Kier alpha value is -3.15. The van der Waals surface area contributed by atoms with Gasteiger partial charge in [0.1, 0.15) is 11.3 Å². The number of carbonyl (C=O) groups is 3. The van der Waals surface area contributed by atoms with E-state index in [2.05, 4.69) is 5.32 Å². The molecule has 0 spiro atoms. The minimum absolute atomic E-state index is 0.229. The zero-order valence-electron chi connectivity index (χ0n) is 19.4. The van der Waals surface area contributed by atoms with Crippen LogP contribution in [0.5, 0.6) is 5.75 Å². The molecule has 0 radical (unpaired) electrons. The van der Waals surface area contributed by atoms with Gasteiger partial charge < -0.3 is 10.1 Å². The molecule has 1 saturated carbocycles. The van der Waals surface area contributed by atoms with Crippen molar-refractivity contribution >= 4 is 17.7 Å². The molecular formula is C27H32N2O4. The van der Waals surface area contributed by atoms with Crippen LogP contribution in [0.1, 0.15) is 72.9 Å². The number of hydrogen-bond acceptors (Lipinski definition) is 4. The Morgan fingerprint density at radius 1 is 1.03 bits per heavy atom. The summed E-state index contributed by atoms with van der Waals surface area (Å²) in [6.07, 6.45) is 7.29. The molecule has 2 aliphatic rings. The first-order chi connectivity index (χ1) is 15.9. The molecule has 1 heterocycles. The summed E-state index contributed by atoms with van der Waals surface area (Å²) in [5.41, 5.74) is 1.82. The van der Waals surface area contributed by atoms with Gasteiger partial charge in [0.15, 0.2) is 5.78 Å². The van der Waals surface area contributed by atoms with Crippen LogP contribution in [-0.4, -0.2) is 41.8 Å². The number of amides is 3. The summed E-state index contributed by atoms with van der Waals surface area (Å²) >= 11 is 0. The Morgan fingerprint density at radius 3 is 2.33 bits per heavy atom. The fourth-order valence-electron chi connectivity index (χ4n) is 4.86. The van der Waals surface area contributed by atoms with Crippen LogP contribution in [0.3, 0.4) is 0 Å². The Bertz CT molecular complexity index is 1010. The normalized spacial score (nSPS) is 21.2. The summed E-state index contributed by atoms with van der Waals surface area (Å²) in [5.74, 6) is 0.758. The summed E-state index contributed by atoms with van der Waals surface area (Å²) in [5, 5.41) is 2.79. The van der Waals surface area contributed by atoms with Gasteiger partial charge in [-0.3, -0.25) is 14.5 Å². The van der Waals surface area contributed by atoms with Gasteiger partial charge in [-0.25, -0.2) is 4.79 Å². The maximum absolute atomic E-state index is 13.1. The summed E-state index contributed by atoms with van der Waals surface area (Å²) in [6, 6.07) is 14.8. The van der Waals surface area contributed by atoms with Crippen molar-refractivity contribution in [1.82, 2.24) is 10.2 Å². The average Bonchev–Trinajstić information content (AvgIpc) is 3.07. The topological polar surface area (TPSA) is 75.7 Å². The molecule has 174 valence electrons. The quantitative estimate of drug-likeness (QED) is 0.462. The number of urea groups is 1. The molecule has 2 aromatic rings. The highest BCUT2D eigenvalue weighted by molar-refractivity contribution is 6.11. The van der Waals surface area contributed by atoms with Crippen LogP contribution >= 0.6 is 0 Å². The van der Waals surface area contributed by atoms with E-state index in [-0.39, 0.29) is 18.2 Å². The molecule has 2 fully saturated rings. The number of aryl methyl sites for hydroxylation is 1. The van der Waals surface area contributed by atoms with Crippen molar-refractivity contribution < 1.29 is 19.1 Å². The van der Waals surface area contributed by atoms with Gasteiger partial charge in [-0.15, -0.1) is 0 Å². The van der Waals surface area contributed by atoms with E-state index in [4.69, 9.17) is 4.74 Å². The van der Waals surface area contributed by atoms with E-state index in [1.54, 1.807) is 14.0 Å². The minimum atomic E-state index is -1.03. The van der Waals surface area contributed by atoms with Gasteiger partial charge in [0.05, 0.1) is 13.7 Å². The number of nitrogens with one attached hydrogen (secondary N) is 1. The number of carbonyl (C=O) groups excluding carboxylic acids is 3. The standard InChI is InChI=1S/C27H32N2O4/c1-27(17-16-19-8-14-23(33-2)15-9-19)25(31)29(26(32)28-27)18-24(30)22-12-10-21(11-13-22)20-6-4-3-5-7-20/h8-15,20H,3-7,16-18H2,1-2H3,(H,28,32)/t27-/m0/s1. The molecule has 1 atom stereocenters. The van der Waals surface area contributed by atoms with E-state index in [1.165, 1.54) is 37.7 Å². The molecule has 6 nitrogen and oxygen atoms in total. The molecule has 1 aliphatic carbocycles. The molecule has 33 heavy (non-hydrogen) atoms. The maximum atomic E-state index is 13.1. The number of hydrogen-bond donors (Lipinski definition) is 1. The molecule has 3 amide bonds. The fraction of sp³-hybridized carbons (Fsp3) is 0.444. The molecule has 6 heteroatoms. The summed E-state index contributed by atoms with van der Waals surface area (Å²) in [6.45, 7) is 1.48. The zero-order chi connectivity index (χ0) is 23.4. The van der Waals surface area contributed by atoms with Gasteiger partial charge in [-0.05, 0) is 61.8 Å². The van der Waals surface area contributed by atoms with Gasteiger partial charge in [0, 0.05) is 5.56 Å². The van der Waals surface area contributed by atoms with Crippen LogP contribution in [0.2, 0.25) is 0 Å². The molecule has 0 aromatic heterocycles. The Kier molecular flexibility index (Phi) is 6.82. The molecule has 2 aromatic carbocycles. The van der Waals surface area contributed by atoms with Gasteiger partial charge in [0.2, 0.25) is 0 Å². The van der Waals surface area contributed by atoms with Gasteiger partial charge >= 0.3 is 6.03 Å². The van der Waals surface area contributed by atoms with Crippen LogP contribution in [0.25, 0.3) is 0 Å². The van der Waals surface area contributed by atoms with E-state index < -0.39 is 11.6 Å². The smallest absolute Gasteiger partial charge is 0.325 e. The largest absolute Gasteiger partial charge is 0.497 e. The maximum Gasteiger partial charge on any atom is 0.325 e. The van der Waals surface area contributed by atoms with E-state index in [1.807, 2.05) is 48.5 Å². The Labute approximate surface area is 195 Å². The number of rotatable bonds is 8. The predicted molar refractivity (Wildman–Crippen MR) is 127 cm³/mol. The van der Waals surface area contributed by atoms with Crippen molar-refractivity contribution in [3.63, 3.8) is 0 Å². The summed E-state index contributed by atoms with van der Waals surface area (Å²) in [7, 11) is 1.61. The fourth-order valence-corrected chi connectivity index (χ4v) is 4.86. The third-order valence-corrected chi connectivity index (χ3v) is 7.03. The minimum Gasteiger partial charge on any atom is -0.497 e. The highest BCUT2D eigenvalue weighted by atomic mass is 16.5. The second kappa shape index (κ2) is 9.77. The number of benzene rings is 2. The van der Waals surface area contributed by atoms with Crippen molar-refractivity contribution in [3.8, 4) is 5.75 Å². The molecule has 1 N–H and O–H groups in total. The van der Waals surface area contributed by atoms with Crippen LogP contribution in [-0.2, 0) is 11.2 Å². The summed E-state index contributed by atoms with van der Waals surface area (Å²) < 4.78 is 5.17. The lowest BCUT2D eigenvalue weighted by Crippen LogP contribution is -2.44. The first-order valence-corrected chi connectivity index (χ1v) is 11.8. The highest BCUT2D eigenvalue weighted by Crippen LogP contribution is 2.32. The van der Waals surface area contributed by atoms with E-state index in [9.17, 15) is 14.4 Å². The monoisotopic (exact) mass is 448 g/mol. The second-order valence-corrected chi connectivity index (χ2v) is 9.38. The number of ketones is 1. The molecular weight excluding hydrogens is 416 g/mol. The SMILES string of the molecule is COc1ccc(CC[C@]2(C)NC(=O)N(CC(=O)c3ccc(C4CCCCC4)cc3)C2=O)cc1. The Balaban J connectivity index is 1.37. The summed E-state index contributed by atoms with van der Waals surface area (Å²) in [4.78, 5) is 39.5. The molecule has 1 saturated heterocycles. The molecule has 1 aliphatic heterocycles. The molecule has 4 rings (SSSR count). The highest BCUT2D eigenvalue weighted by Gasteiger charge is 2.47. The number of Topliss-reactive ketones (excluding diaryl/α,β-unsaturated/α-hetero) is 1. The lowest BCUT2D eigenvalue weighted by Gasteiger charge is -2.22. The molecule has 0 unspecified atom stereocenters. The van der Waals surface area contributed by atoms with Gasteiger partial charge in [-0.2, -0.15) is 0 Å². The van der Waals surface area contributed by atoms with E-state index in [0.29, 0.717) is 24.3 Å². The van der Waals surface area contributed by atoms with Crippen LogP contribution in [0, 0.1) is 0 Å². The van der Waals surface area contributed by atoms with Gasteiger partial charge in [-0.1, -0.05) is 55.7 Å². The van der Waals surface area contributed by atoms with Crippen molar-refractivity contribution in [3.05, 3.63) is 65.2 Å². The second-order valence-electron chi connectivity index (χ2n) is 9.38. The third kappa shape index (κ3) is 5.10. The number of methoxy groups -OCH3 is 1. The van der Waals surface area contributed by atoms with Crippen LogP contribution in [0.4, 0.5) is 4.79 Å². The first kappa shape index (κ1) is 23.0. The number of nitrogens with zero attached hydrogens (tertiary/aromatic N) is 1. The number of ether oxygens (including phenoxy) is 1. The third-order valence-electron chi connectivity index (χ3n) is 7.03. The van der Waals surface area contributed by atoms with Gasteiger partial charge in [0.25, 0.3) is 5.91 Å². The molecule has 0 bridgehead atoms. The number of imide groups is 1. The van der Waals surface area contributed by atoms with Crippen molar-refractivity contribution in [1.29, 1.82) is 0 Å². The van der Waals surface area contributed by atoms with Crippen LogP contribution in [0.15, 0.2) is 48.5 Å². The van der Waals surface area contributed by atoms with Crippen molar-refractivity contribution in [2.75, 3.05) is 13.7 Å². The van der Waals surface area contributed by atoms with E-state index in [0.717, 1.165) is 16.2 Å².